The van der Waals surface area contributed by atoms with Crippen LogP contribution in [0.15, 0.2) is 21.8 Å². The van der Waals surface area contributed by atoms with Gasteiger partial charge in [0.05, 0.1) is 6.54 Å². The van der Waals surface area contributed by atoms with Crippen LogP contribution >= 0.6 is 35.3 Å². The van der Waals surface area contributed by atoms with Gasteiger partial charge in [0.15, 0.2) is 5.96 Å². The molecule has 1 fully saturated rings. The first-order valence-corrected chi connectivity index (χ1v) is 10.0. The minimum atomic E-state index is -0.929. The normalized spacial score (nSPS) is 19.1. The molecule has 2 unspecified atom stereocenters. The molecule has 2 atom stereocenters. The average Bonchev–Trinajstić information content (AvgIpc) is 3.26. The second-order valence-electron chi connectivity index (χ2n) is 6.67. The molecule has 144 valence electrons. The maximum atomic E-state index is 10.6. The molecule has 0 saturated carbocycles. The number of likely N-dealkylation sites (tertiary alicyclic amines) is 1. The number of aliphatic imine (C=N–C) groups is 1. The molecule has 0 aliphatic carbocycles. The highest BCUT2D eigenvalue weighted by atomic mass is 127. The van der Waals surface area contributed by atoms with Gasteiger partial charge >= 0.3 is 0 Å². The molecule has 1 aliphatic rings. The lowest BCUT2D eigenvalue weighted by molar-refractivity contribution is 0.0677. The largest absolute Gasteiger partial charge is 0.383 e. The maximum absolute atomic E-state index is 10.6. The zero-order valence-corrected chi connectivity index (χ0v) is 18.8. The van der Waals surface area contributed by atoms with E-state index in [9.17, 15) is 5.11 Å². The van der Waals surface area contributed by atoms with E-state index in [0.29, 0.717) is 12.6 Å². The van der Waals surface area contributed by atoms with Gasteiger partial charge in [0, 0.05) is 19.1 Å². The summed E-state index contributed by atoms with van der Waals surface area (Å²) < 4.78 is 0. The van der Waals surface area contributed by atoms with Gasteiger partial charge in [0.2, 0.25) is 0 Å². The highest BCUT2D eigenvalue weighted by Gasteiger charge is 2.24. The zero-order chi connectivity index (χ0) is 17.4. The molecular formula is C18H33IN4OS. The highest BCUT2D eigenvalue weighted by molar-refractivity contribution is 14.0. The van der Waals surface area contributed by atoms with Crippen LogP contribution in [0.4, 0.5) is 0 Å². The molecule has 1 aromatic heterocycles. The predicted molar refractivity (Wildman–Crippen MR) is 118 cm³/mol. The topological polar surface area (TPSA) is 59.9 Å². The summed E-state index contributed by atoms with van der Waals surface area (Å²) >= 11 is 1.60. The fraction of sp³-hybridized carbons (Fsp3) is 0.722. The van der Waals surface area contributed by atoms with Crippen LogP contribution in [0.1, 0.15) is 45.6 Å². The van der Waals surface area contributed by atoms with Crippen molar-refractivity contribution in [1.82, 2.24) is 15.5 Å². The van der Waals surface area contributed by atoms with Crippen molar-refractivity contribution < 1.29 is 5.11 Å². The summed E-state index contributed by atoms with van der Waals surface area (Å²) in [6.45, 7) is 10.6. The van der Waals surface area contributed by atoms with Gasteiger partial charge in [-0.1, -0.05) is 6.92 Å². The van der Waals surface area contributed by atoms with E-state index in [1.165, 1.54) is 25.9 Å². The van der Waals surface area contributed by atoms with Crippen LogP contribution in [-0.4, -0.2) is 54.7 Å². The van der Waals surface area contributed by atoms with E-state index < -0.39 is 5.60 Å². The summed E-state index contributed by atoms with van der Waals surface area (Å²) in [6.07, 6.45) is 3.77. The molecule has 3 N–H and O–H groups in total. The van der Waals surface area contributed by atoms with Crippen molar-refractivity contribution in [2.75, 3.05) is 32.7 Å². The zero-order valence-electron chi connectivity index (χ0n) is 15.6. The third-order valence-electron chi connectivity index (χ3n) is 4.67. The Balaban J connectivity index is 0.00000312. The lowest BCUT2D eigenvalue weighted by atomic mass is 10.00. The van der Waals surface area contributed by atoms with E-state index in [1.54, 1.807) is 11.3 Å². The lowest BCUT2D eigenvalue weighted by Gasteiger charge is -2.27. The van der Waals surface area contributed by atoms with Crippen LogP contribution in [0.25, 0.3) is 0 Å². The number of thiophene rings is 1. The Morgan fingerprint density at radius 3 is 2.64 bits per heavy atom. The first-order chi connectivity index (χ1) is 11.6. The van der Waals surface area contributed by atoms with Crippen LogP contribution in [0.2, 0.25) is 0 Å². The molecule has 7 heteroatoms. The fourth-order valence-electron chi connectivity index (χ4n) is 3.09. The Hall–Kier alpha value is -0.380. The van der Waals surface area contributed by atoms with Gasteiger partial charge in [-0.3, -0.25) is 4.90 Å². The second-order valence-corrected chi connectivity index (χ2v) is 7.45. The van der Waals surface area contributed by atoms with Crippen molar-refractivity contribution in [3.05, 3.63) is 22.4 Å². The summed E-state index contributed by atoms with van der Waals surface area (Å²) in [5.74, 6) is 0.783. The van der Waals surface area contributed by atoms with Crippen molar-refractivity contribution in [1.29, 1.82) is 0 Å². The summed E-state index contributed by atoms with van der Waals surface area (Å²) in [5, 5.41) is 21.3. The molecule has 1 saturated heterocycles. The van der Waals surface area contributed by atoms with E-state index in [4.69, 9.17) is 0 Å². The first-order valence-electron chi connectivity index (χ1n) is 9.08. The number of hydrogen-bond acceptors (Lipinski definition) is 4. The van der Waals surface area contributed by atoms with Gasteiger partial charge < -0.3 is 15.7 Å². The standard InChI is InChI=1S/C18H32N4OS.HI/c1-4-16(22-9-6-7-10-22)12-20-17(19-5-2)21-14-18(3,23)15-8-11-24-13-15;/h8,11,13,16,23H,4-7,9-10,12,14H2,1-3H3,(H2,19,20,21);1H. The minimum Gasteiger partial charge on any atom is -0.383 e. The second kappa shape index (κ2) is 11.4. The Morgan fingerprint density at radius 2 is 2.08 bits per heavy atom. The number of aliphatic hydroxyl groups is 1. The molecular weight excluding hydrogens is 447 g/mol. The third kappa shape index (κ3) is 7.03. The monoisotopic (exact) mass is 480 g/mol. The molecule has 0 spiro atoms. The molecule has 2 heterocycles. The van der Waals surface area contributed by atoms with Crippen molar-refractivity contribution >= 4 is 41.3 Å². The van der Waals surface area contributed by atoms with Gasteiger partial charge in [-0.2, -0.15) is 11.3 Å². The SMILES string of the molecule is CCNC(=NCC(C)(O)c1ccsc1)NCC(CC)N1CCCC1.I. The Kier molecular flexibility index (Phi) is 10.3. The van der Waals surface area contributed by atoms with Crippen molar-refractivity contribution in [3.8, 4) is 0 Å². The van der Waals surface area contributed by atoms with Gasteiger partial charge in [0.25, 0.3) is 0 Å². The summed E-state index contributed by atoms with van der Waals surface area (Å²) in [4.78, 5) is 7.17. The lowest BCUT2D eigenvalue weighted by Crippen LogP contribution is -2.46. The van der Waals surface area contributed by atoms with E-state index in [0.717, 1.165) is 31.0 Å². The van der Waals surface area contributed by atoms with Gasteiger partial charge in [-0.15, -0.1) is 24.0 Å². The van der Waals surface area contributed by atoms with Gasteiger partial charge in [0.1, 0.15) is 5.60 Å². The summed E-state index contributed by atoms with van der Waals surface area (Å²) in [5.41, 5.74) is -0.00262. The van der Waals surface area contributed by atoms with Crippen LogP contribution < -0.4 is 10.6 Å². The van der Waals surface area contributed by atoms with Crippen molar-refractivity contribution in [3.63, 3.8) is 0 Å². The minimum absolute atomic E-state index is 0. The quantitative estimate of drug-likeness (QED) is 0.304. The number of nitrogens with zero attached hydrogens (tertiary/aromatic N) is 2. The predicted octanol–water partition coefficient (Wildman–Crippen LogP) is 3.00. The van der Waals surface area contributed by atoms with E-state index >= 15 is 0 Å². The number of guanidine groups is 1. The summed E-state index contributed by atoms with van der Waals surface area (Å²) in [6, 6.07) is 2.51. The third-order valence-corrected chi connectivity index (χ3v) is 5.35. The Morgan fingerprint density at radius 1 is 1.36 bits per heavy atom. The number of nitrogens with one attached hydrogen (secondary N) is 2. The van der Waals surface area contributed by atoms with E-state index in [1.807, 2.05) is 23.8 Å². The Labute approximate surface area is 173 Å². The van der Waals surface area contributed by atoms with Crippen molar-refractivity contribution in [2.45, 2.75) is 51.7 Å². The van der Waals surface area contributed by atoms with Crippen LogP contribution in [0.5, 0.6) is 0 Å². The molecule has 1 aromatic rings. The number of rotatable bonds is 8. The maximum Gasteiger partial charge on any atom is 0.191 e. The molecule has 2 rings (SSSR count). The number of halogens is 1. The first kappa shape index (κ1) is 22.7. The van der Waals surface area contributed by atoms with Crippen LogP contribution in [-0.2, 0) is 5.60 Å². The van der Waals surface area contributed by atoms with Crippen LogP contribution in [0.3, 0.4) is 0 Å². The number of hydrogen-bond donors (Lipinski definition) is 3. The molecule has 0 amide bonds. The molecule has 0 bridgehead atoms. The molecule has 1 aliphatic heterocycles. The highest BCUT2D eigenvalue weighted by Crippen LogP contribution is 2.23. The average molecular weight is 480 g/mol. The Bertz CT molecular complexity index is 501. The van der Waals surface area contributed by atoms with Crippen molar-refractivity contribution in [2.24, 2.45) is 4.99 Å². The smallest absolute Gasteiger partial charge is 0.191 e. The summed E-state index contributed by atoms with van der Waals surface area (Å²) in [7, 11) is 0. The van der Waals surface area contributed by atoms with E-state index in [-0.39, 0.29) is 24.0 Å². The van der Waals surface area contributed by atoms with E-state index in [2.05, 4.69) is 34.4 Å². The molecule has 0 aromatic carbocycles. The van der Waals surface area contributed by atoms with Gasteiger partial charge in [-0.25, -0.2) is 4.99 Å². The van der Waals surface area contributed by atoms with Crippen LogP contribution in [0, 0.1) is 0 Å². The molecule has 25 heavy (non-hydrogen) atoms. The fourth-order valence-corrected chi connectivity index (χ4v) is 3.87. The molecule has 5 nitrogen and oxygen atoms in total. The van der Waals surface area contributed by atoms with Gasteiger partial charge in [-0.05, 0) is 68.6 Å². The molecule has 0 radical (unpaired) electrons.